The summed E-state index contributed by atoms with van der Waals surface area (Å²) in [6.45, 7) is 0.129. The minimum absolute atomic E-state index is 0.0906. The third kappa shape index (κ3) is 3.18. The molecule has 1 rings (SSSR count). The van der Waals surface area contributed by atoms with E-state index in [9.17, 15) is 4.79 Å². The second-order valence-electron chi connectivity index (χ2n) is 3.09. The highest BCUT2D eigenvalue weighted by molar-refractivity contribution is 5.80. The molecule has 2 N–H and O–H groups in total. The van der Waals surface area contributed by atoms with Crippen LogP contribution in [0.5, 0.6) is 5.75 Å². The Morgan fingerprint density at radius 3 is 2.93 bits per heavy atom. The first-order valence-corrected chi connectivity index (χ1v) is 4.61. The molecule has 0 radical (unpaired) electrons. The van der Waals surface area contributed by atoms with E-state index in [2.05, 4.69) is 0 Å². The van der Waals surface area contributed by atoms with Gasteiger partial charge >= 0.3 is 0 Å². The third-order valence-electron chi connectivity index (χ3n) is 2.05. The third-order valence-corrected chi connectivity index (χ3v) is 2.05. The van der Waals surface area contributed by atoms with Crippen molar-refractivity contribution in [3.05, 3.63) is 29.8 Å². The van der Waals surface area contributed by atoms with Crippen molar-refractivity contribution >= 4 is 5.78 Å². The maximum atomic E-state index is 11.0. The molecule has 3 heteroatoms. The van der Waals surface area contributed by atoms with E-state index in [4.69, 9.17) is 10.5 Å². The molecule has 0 unspecified atom stereocenters. The fraction of sp³-hybridized carbons (Fsp3) is 0.364. The SMILES string of the molecule is COc1cccc(CCC(=O)CN)c1. The zero-order valence-corrected chi connectivity index (χ0v) is 8.32. The number of ether oxygens (including phenoxy) is 1. The molecular weight excluding hydrogens is 178 g/mol. The standard InChI is InChI=1S/C11H15NO2/c1-14-11-4-2-3-9(7-11)5-6-10(13)8-12/h2-4,7H,5-6,8,12H2,1H3. The van der Waals surface area contributed by atoms with E-state index in [1.54, 1.807) is 7.11 Å². The monoisotopic (exact) mass is 193 g/mol. The summed E-state index contributed by atoms with van der Waals surface area (Å²) >= 11 is 0. The summed E-state index contributed by atoms with van der Waals surface area (Å²) in [4.78, 5) is 11.0. The number of hydrogen-bond donors (Lipinski definition) is 1. The average Bonchev–Trinajstić information content (AvgIpc) is 2.26. The molecule has 0 saturated heterocycles. The van der Waals surface area contributed by atoms with Gasteiger partial charge in [-0.25, -0.2) is 0 Å². The lowest BCUT2D eigenvalue weighted by Crippen LogP contribution is -2.13. The molecule has 0 bridgehead atoms. The van der Waals surface area contributed by atoms with Crippen molar-refractivity contribution in [3.63, 3.8) is 0 Å². The van der Waals surface area contributed by atoms with Crippen molar-refractivity contribution in [2.75, 3.05) is 13.7 Å². The molecule has 0 aliphatic carbocycles. The Balaban J connectivity index is 2.54. The molecule has 0 amide bonds. The predicted octanol–water partition coefficient (Wildman–Crippen LogP) is 1.16. The van der Waals surface area contributed by atoms with Gasteiger partial charge in [0.1, 0.15) is 11.5 Å². The second kappa shape index (κ2) is 5.40. The van der Waals surface area contributed by atoms with Crippen LogP contribution in [0, 0.1) is 0 Å². The quantitative estimate of drug-likeness (QED) is 0.763. The molecule has 0 spiro atoms. The van der Waals surface area contributed by atoms with Crippen molar-refractivity contribution in [3.8, 4) is 5.75 Å². The minimum Gasteiger partial charge on any atom is -0.497 e. The summed E-state index contributed by atoms with van der Waals surface area (Å²) in [6, 6.07) is 7.71. The molecular formula is C11H15NO2. The maximum Gasteiger partial charge on any atom is 0.146 e. The van der Waals surface area contributed by atoms with Gasteiger partial charge < -0.3 is 10.5 Å². The van der Waals surface area contributed by atoms with Gasteiger partial charge in [0.2, 0.25) is 0 Å². The summed E-state index contributed by atoms with van der Waals surface area (Å²) in [5, 5.41) is 0. The molecule has 0 aliphatic heterocycles. The molecule has 14 heavy (non-hydrogen) atoms. The lowest BCUT2D eigenvalue weighted by molar-refractivity contribution is -0.117. The smallest absolute Gasteiger partial charge is 0.146 e. The summed E-state index contributed by atoms with van der Waals surface area (Å²) in [7, 11) is 1.63. The summed E-state index contributed by atoms with van der Waals surface area (Å²) < 4.78 is 5.08. The Morgan fingerprint density at radius 1 is 1.50 bits per heavy atom. The van der Waals surface area contributed by atoms with Crippen LogP contribution in [0.15, 0.2) is 24.3 Å². The number of carbonyl (C=O) groups is 1. The van der Waals surface area contributed by atoms with Gasteiger partial charge in [-0.15, -0.1) is 0 Å². The van der Waals surface area contributed by atoms with Crippen molar-refractivity contribution in [1.82, 2.24) is 0 Å². The first-order valence-electron chi connectivity index (χ1n) is 4.61. The zero-order valence-electron chi connectivity index (χ0n) is 8.32. The number of methoxy groups -OCH3 is 1. The maximum absolute atomic E-state index is 11.0. The molecule has 0 heterocycles. The van der Waals surface area contributed by atoms with Crippen molar-refractivity contribution in [2.45, 2.75) is 12.8 Å². The van der Waals surface area contributed by atoms with Crippen LogP contribution in [0.2, 0.25) is 0 Å². The van der Waals surface area contributed by atoms with Crippen molar-refractivity contribution < 1.29 is 9.53 Å². The van der Waals surface area contributed by atoms with Crippen molar-refractivity contribution in [2.24, 2.45) is 5.73 Å². The van der Waals surface area contributed by atoms with E-state index >= 15 is 0 Å². The van der Waals surface area contributed by atoms with Crippen LogP contribution in [0.25, 0.3) is 0 Å². The van der Waals surface area contributed by atoms with Crippen LogP contribution >= 0.6 is 0 Å². The fourth-order valence-electron chi connectivity index (χ4n) is 1.21. The molecule has 76 valence electrons. The van der Waals surface area contributed by atoms with E-state index < -0.39 is 0 Å². The Bertz CT molecular complexity index is 310. The van der Waals surface area contributed by atoms with Crippen LogP contribution in [0.3, 0.4) is 0 Å². The van der Waals surface area contributed by atoms with Gasteiger partial charge in [0.15, 0.2) is 0 Å². The molecule has 0 atom stereocenters. The van der Waals surface area contributed by atoms with Gasteiger partial charge in [-0.3, -0.25) is 4.79 Å². The Kier molecular flexibility index (Phi) is 4.13. The Hall–Kier alpha value is -1.35. The summed E-state index contributed by atoms with van der Waals surface area (Å²) in [5.74, 6) is 0.913. The van der Waals surface area contributed by atoms with Gasteiger partial charge in [0.25, 0.3) is 0 Å². The van der Waals surface area contributed by atoms with Crippen LogP contribution in [0.1, 0.15) is 12.0 Å². The number of carbonyl (C=O) groups excluding carboxylic acids is 1. The van der Waals surface area contributed by atoms with Crippen LogP contribution in [0.4, 0.5) is 0 Å². The van der Waals surface area contributed by atoms with Crippen molar-refractivity contribution in [1.29, 1.82) is 0 Å². The largest absolute Gasteiger partial charge is 0.497 e. The second-order valence-corrected chi connectivity index (χ2v) is 3.09. The van der Waals surface area contributed by atoms with Gasteiger partial charge in [-0.1, -0.05) is 12.1 Å². The number of nitrogens with two attached hydrogens (primary N) is 1. The van der Waals surface area contributed by atoms with Gasteiger partial charge in [-0.05, 0) is 24.1 Å². The minimum atomic E-state index is 0.0906. The molecule has 0 aromatic heterocycles. The fourth-order valence-corrected chi connectivity index (χ4v) is 1.21. The molecule has 0 aliphatic rings. The Morgan fingerprint density at radius 2 is 2.29 bits per heavy atom. The van der Waals surface area contributed by atoms with E-state index in [0.29, 0.717) is 6.42 Å². The van der Waals surface area contributed by atoms with E-state index in [0.717, 1.165) is 17.7 Å². The highest BCUT2D eigenvalue weighted by atomic mass is 16.5. The molecule has 1 aromatic rings. The highest BCUT2D eigenvalue weighted by Gasteiger charge is 2.00. The molecule has 1 aromatic carbocycles. The number of rotatable bonds is 5. The van der Waals surface area contributed by atoms with Crippen LogP contribution < -0.4 is 10.5 Å². The topological polar surface area (TPSA) is 52.3 Å². The molecule has 0 saturated carbocycles. The highest BCUT2D eigenvalue weighted by Crippen LogP contribution is 2.13. The van der Waals surface area contributed by atoms with Crippen LogP contribution in [-0.4, -0.2) is 19.4 Å². The predicted molar refractivity (Wildman–Crippen MR) is 55.4 cm³/mol. The first kappa shape index (κ1) is 10.7. The lowest BCUT2D eigenvalue weighted by Gasteiger charge is -2.03. The number of ketones is 1. The molecule has 0 fully saturated rings. The van der Waals surface area contributed by atoms with Gasteiger partial charge in [-0.2, -0.15) is 0 Å². The Labute approximate surface area is 83.9 Å². The number of Topliss-reactive ketones (excluding diaryl/α,β-unsaturated/α-hetero) is 1. The van der Waals surface area contributed by atoms with E-state index in [1.807, 2.05) is 24.3 Å². The normalized spacial score (nSPS) is 9.86. The van der Waals surface area contributed by atoms with E-state index in [1.165, 1.54) is 0 Å². The van der Waals surface area contributed by atoms with E-state index in [-0.39, 0.29) is 12.3 Å². The zero-order chi connectivity index (χ0) is 10.4. The van der Waals surface area contributed by atoms with Gasteiger partial charge in [0, 0.05) is 6.42 Å². The number of aryl methyl sites for hydroxylation is 1. The number of hydrogen-bond acceptors (Lipinski definition) is 3. The van der Waals surface area contributed by atoms with Crippen LogP contribution in [-0.2, 0) is 11.2 Å². The average molecular weight is 193 g/mol. The number of benzene rings is 1. The first-order chi connectivity index (χ1) is 6.76. The lowest BCUT2D eigenvalue weighted by atomic mass is 10.1. The van der Waals surface area contributed by atoms with Gasteiger partial charge in [0.05, 0.1) is 13.7 Å². The molecule has 3 nitrogen and oxygen atoms in total. The summed E-state index contributed by atoms with van der Waals surface area (Å²) in [5.41, 5.74) is 6.32. The summed E-state index contributed by atoms with van der Waals surface area (Å²) in [6.07, 6.45) is 1.23.